The largest absolute Gasteiger partial charge is 0.397 e. The third kappa shape index (κ3) is 2.66. The van der Waals surface area contributed by atoms with E-state index in [1.807, 2.05) is 17.6 Å². The minimum Gasteiger partial charge on any atom is -0.397 e. The van der Waals surface area contributed by atoms with E-state index in [9.17, 15) is 0 Å². The molecule has 0 atom stereocenters. The molecule has 0 spiro atoms. The van der Waals surface area contributed by atoms with Gasteiger partial charge in [0.1, 0.15) is 5.82 Å². The van der Waals surface area contributed by atoms with Gasteiger partial charge in [-0.05, 0) is 22.0 Å². The quantitative estimate of drug-likeness (QED) is 0.908. The first-order chi connectivity index (χ1) is 9.24. The molecule has 0 unspecified atom stereocenters. The van der Waals surface area contributed by atoms with Crippen LogP contribution in [0.25, 0.3) is 0 Å². The second kappa shape index (κ2) is 5.34. The average molecular weight is 340 g/mol. The van der Waals surface area contributed by atoms with Crippen LogP contribution in [0, 0.1) is 0 Å². The first-order valence-corrected chi connectivity index (χ1v) is 7.72. The molecule has 5 nitrogen and oxygen atoms in total. The topological polar surface area (TPSA) is 58.3 Å². The Labute approximate surface area is 124 Å². The molecule has 19 heavy (non-hydrogen) atoms. The van der Waals surface area contributed by atoms with Gasteiger partial charge in [0, 0.05) is 37.8 Å². The molecule has 2 aromatic heterocycles. The molecule has 0 bridgehead atoms. The van der Waals surface area contributed by atoms with Gasteiger partial charge in [0.15, 0.2) is 5.13 Å². The zero-order valence-electron chi connectivity index (χ0n) is 10.3. The van der Waals surface area contributed by atoms with E-state index in [0.717, 1.165) is 41.6 Å². The number of anilines is 3. The van der Waals surface area contributed by atoms with Gasteiger partial charge >= 0.3 is 0 Å². The molecule has 3 rings (SSSR count). The summed E-state index contributed by atoms with van der Waals surface area (Å²) in [4.78, 5) is 13.3. The lowest BCUT2D eigenvalue weighted by Crippen LogP contribution is -2.46. The van der Waals surface area contributed by atoms with Crippen LogP contribution in [0.2, 0.25) is 0 Å². The SMILES string of the molecule is Nc1cnc(N2CCN(c3nccs3)CC2)c(Br)c1. The second-order valence-electron chi connectivity index (χ2n) is 4.36. The highest BCUT2D eigenvalue weighted by molar-refractivity contribution is 9.10. The fourth-order valence-corrected chi connectivity index (χ4v) is 3.47. The smallest absolute Gasteiger partial charge is 0.185 e. The van der Waals surface area contributed by atoms with E-state index in [-0.39, 0.29) is 0 Å². The van der Waals surface area contributed by atoms with Crippen LogP contribution in [0.5, 0.6) is 0 Å². The number of aromatic nitrogens is 2. The molecule has 1 aliphatic heterocycles. The van der Waals surface area contributed by atoms with E-state index < -0.39 is 0 Å². The van der Waals surface area contributed by atoms with Gasteiger partial charge in [0.25, 0.3) is 0 Å². The van der Waals surface area contributed by atoms with Crippen LogP contribution in [0.3, 0.4) is 0 Å². The molecule has 1 aliphatic rings. The molecule has 7 heteroatoms. The van der Waals surface area contributed by atoms with Crippen LogP contribution < -0.4 is 15.5 Å². The summed E-state index contributed by atoms with van der Waals surface area (Å²) in [5.74, 6) is 0.966. The molecule has 1 saturated heterocycles. The number of nitrogens with two attached hydrogens (primary N) is 1. The number of hydrogen-bond donors (Lipinski definition) is 1. The fraction of sp³-hybridized carbons (Fsp3) is 0.333. The molecule has 100 valence electrons. The average Bonchev–Trinajstić information content (AvgIpc) is 2.93. The monoisotopic (exact) mass is 339 g/mol. The summed E-state index contributed by atoms with van der Waals surface area (Å²) in [6.07, 6.45) is 3.55. The molecule has 0 amide bonds. The molecule has 0 saturated carbocycles. The Balaban J connectivity index is 1.70. The minimum absolute atomic E-state index is 0.678. The predicted molar refractivity (Wildman–Crippen MR) is 82.9 cm³/mol. The summed E-state index contributed by atoms with van der Waals surface area (Å²) in [6, 6.07) is 1.90. The molecule has 2 aromatic rings. The Bertz CT molecular complexity index is 551. The van der Waals surface area contributed by atoms with Crippen molar-refractivity contribution >= 4 is 43.9 Å². The molecular weight excluding hydrogens is 326 g/mol. The molecule has 0 radical (unpaired) electrons. The minimum atomic E-state index is 0.678. The zero-order valence-corrected chi connectivity index (χ0v) is 12.7. The van der Waals surface area contributed by atoms with E-state index in [1.54, 1.807) is 17.5 Å². The molecular formula is C12H14BrN5S. The summed E-state index contributed by atoms with van der Waals surface area (Å²) in [5.41, 5.74) is 6.39. The van der Waals surface area contributed by atoms with E-state index in [4.69, 9.17) is 5.73 Å². The first-order valence-electron chi connectivity index (χ1n) is 6.04. The molecule has 1 fully saturated rings. The van der Waals surface area contributed by atoms with E-state index >= 15 is 0 Å². The Morgan fingerprint density at radius 3 is 2.53 bits per heavy atom. The maximum atomic E-state index is 5.72. The maximum Gasteiger partial charge on any atom is 0.185 e. The number of hydrogen-bond acceptors (Lipinski definition) is 6. The number of halogens is 1. The van der Waals surface area contributed by atoms with E-state index in [0.29, 0.717) is 5.69 Å². The zero-order chi connectivity index (χ0) is 13.2. The van der Waals surface area contributed by atoms with Gasteiger partial charge in [-0.2, -0.15) is 0 Å². The lowest BCUT2D eigenvalue weighted by molar-refractivity contribution is 0.645. The Kier molecular flexibility index (Phi) is 3.56. The van der Waals surface area contributed by atoms with Gasteiger partial charge in [-0.15, -0.1) is 11.3 Å². The van der Waals surface area contributed by atoms with Crippen molar-refractivity contribution < 1.29 is 0 Å². The highest BCUT2D eigenvalue weighted by Crippen LogP contribution is 2.27. The van der Waals surface area contributed by atoms with Gasteiger partial charge in [-0.1, -0.05) is 0 Å². The van der Waals surface area contributed by atoms with Crippen LogP contribution in [-0.4, -0.2) is 36.1 Å². The van der Waals surface area contributed by atoms with Crippen molar-refractivity contribution in [2.75, 3.05) is 41.7 Å². The van der Waals surface area contributed by atoms with Crippen molar-refractivity contribution in [3.63, 3.8) is 0 Å². The Hall–Kier alpha value is -1.34. The van der Waals surface area contributed by atoms with Crippen molar-refractivity contribution in [3.05, 3.63) is 28.3 Å². The summed E-state index contributed by atoms with van der Waals surface area (Å²) < 4.78 is 0.954. The van der Waals surface area contributed by atoms with Crippen molar-refractivity contribution in [2.24, 2.45) is 0 Å². The first kappa shape index (κ1) is 12.7. The molecule has 3 heterocycles. The number of nitrogens with zero attached hydrogens (tertiary/aromatic N) is 4. The standard InChI is InChI=1S/C12H14BrN5S/c13-10-7-9(14)8-16-11(10)17-2-4-18(5-3-17)12-15-1-6-19-12/h1,6-8H,2-5,14H2. The van der Waals surface area contributed by atoms with Crippen molar-refractivity contribution in [3.8, 4) is 0 Å². The van der Waals surface area contributed by atoms with Crippen LogP contribution in [0.4, 0.5) is 16.6 Å². The van der Waals surface area contributed by atoms with E-state index in [2.05, 4.69) is 35.7 Å². The van der Waals surface area contributed by atoms with Gasteiger partial charge in [0.2, 0.25) is 0 Å². The van der Waals surface area contributed by atoms with Gasteiger partial charge in [0.05, 0.1) is 16.4 Å². The number of rotatable bonds is 2. The number of thiazole rings is 1. The van der Waals surface area contributed by atoms with Crippen LogP contribution >= 0.6 is 27.3 Å². The lowest BCUT2D eigenvalue weighted by Gasteiger charge is -2.35. The maximum absolute atomic E-state index is 5.72. The van der Waals surface area contributed by atoms with Gasteiger partial charge < -0.3 is 15.5 Å². The normalized spacial score (nSPS) is 15.8. The Morgan fingerprint density at radius 1 is 1.16 bits per heavy atom. The van der Waals surface area contributed by atoms with Crippen molar-refractivity contribution in [1.82, 2.24) is 9.97 Å². The van der Waals surface area contributed by atoms with Gasteiger partial charge in [-0.3, -0.25) is 0 Å². The summed E-state index contributed by atoms with van der Waals surface area (Å²) in [5, 5.41) is 3.11. The molecule has 2 N–H and O–H groups in total. The molecule has 0 aliphatic carbocycles. The van der Waals surface area contributed by atoms with Crippen molar-refractivity contribution in [2.45, 2.75) is 0 Å². The second-order valence-corrected chi connectivity index (χ2v) is 6.09. The highest BCUT2D eigenvalue weighted by atomic mass is 79.9. The predicted octanol–water partition coefficient (Wildman–Crippen LogP) is 2.21. The molecule has 0 aromatic carbocycles. The third-order valence-electron chi connectivity index (χ3n) is 3.11. The van der Waals surface area contributed by atoms with Gasteiger partial charge in [-0.25, -0.2) is 9.97 Å². The third-order valence-corrected chi connectivity index (χ3v) is 4.53. The summed E-state index contributed by atoms with van der Waals surface area (Å²) in [7, 11) is 0. The Morgan fingerprint density at radius 2 is 1.89 bits per heavy atom. The summed E-state index contributed by atoms with van der Waals surface area (Å²) >= 11 is 5.21. The number of pyridine rings is 1. The van der Waals surface area contributed by atoms with E-state index in [1.165, 1.54) is 0 Å². The lowest BCUT2D eigenvalue weighted by atomic mass is 10.3. The highest BCUT2D eigenvalue weighted by Gasteiger charge is 2.21. The fourth-order valence-electron chi connectivity index (χ4n) is 2.16. The van der Waals surface area contributed by atoms with Crippen LogP contribution in [0.15, 0.2) is 28.3 Å². The van der Waals surface area contributed by atoms with Crippen molar-refractivity contribution in [1.29, 1.82) is 0 Å². The number of nitrogen functional groups attached to an aromatic ring is 1. The van der Waals surface area contributed by atoms with Crippen LogP contribution in [-0.2, 0) is 0 Å². The summed E-state index contributed by atoms with van der Waals surface area (Å²) in [6.45, 7) is 3.81. The van der Waals surface area contributed by atoms with Crippen LogP contribution in [0.1, 0.15) is 0 Å². The number of piperazine rings is 1.